The third-order valence-electron chi connectivity index (χ3n) is 3.85. The summed E-state index contributed by atoms with van der Waals surface area (Å²) in [7, 11) is 0. The maximum atomic E-state index is 13.0. The summed E-state index contributed by atoms with van der Waals surface area (Å²) >= 11 is 0. The standard InChI is InChI=1S/C18H18F6N4O3/c1-3-4-28(9-15(29)26-14-5-10(2)31-27-14)16(30)25-13-7-11(17(19,20)21)6-12(8-13)18(22,23)24/h5-8H,3-4,9H2,1-2H3,(H,25,30)(H,26,27,29). The molecule has 0 unspecified atom stereocenters. The van der Waals surface area contributed by atoms with Crippen molar-refractivity contribution in [3.05, 3.63) is 41.2 Å². The van der Waals surface area contributed by atoms with E-state index in [1.54, 1.807) is 13.8 Å². The van der Waals surface area contributed by atoms with Crippen molar-refractivity contribution in [3.8, 4) is 0 Å². The van der Waals surface area contributed by atoms with E-state index in [2.05, 4.69) is 10.5 Å². The monoisotopic (exact) mass is 452 g/mol. The molecule has 0 saturated carbocycles. The number of aromatic nitrogens is 1. The fraction of sp³-hybridized carbons (Fsp3) is 0.389. The zero-order valence-corrected chi connectivity index (χ0v) is 16.3. The fourth-order valence-electron chi connectivity index (χ4n) is 2.53. The maximum absolute atomic E-state index is 13.0. The molecule has 0 saturated heterocycles. The first-order valence-corrected chi connectivity index (χ1v) is 8.88. The van der Waals surface area contributed by atoms with Crippen molar-refractivity contribution in [1.29, 1.82) is 0 Å². The van der Waals surface area contributed by atoms with Gasteiger partial charge in [-0.2, -0.15) is 26.3 Å². The van der Waals surface area contributed by atoms with Crippen molar-refractivity contribution in [2.75, 3.05) is 23.7 Å². The lowest BCUT2D eigenvalue weighted by Crippen LogP contribution is -2.41. The zero-order valence-electron chi connectivity index (χ0n) is 16.3. The first-order chi connectivity index (χ1) is 14.3. The third-order valence-corrected chi connectivity index (χ3v) is 3.85. The predicted molar refractivity (Wildman–Crippen MR) is 97.2 cm³/mol. The molecule has 0 aliphatic heterocycles. The van der Waals surface area contributed by atoms with Crippen LogP contribution in [0, 0.1) is 6.92 Å². The molecular weight excluding hydrogens is 434 g/mol. The number of nitrogens with zero attached hydrogens (tertiary/aromatic N) is 2. The van der Waals surface area contributed by atoms with Crippen molar-refractivity contribution < 1.29 is 40.5 Å². The van der Waals surface area contributed by atoms with E-state index in [9.17, 15) is 35.9 Å². The number of anilines is 2. The number of carbonyl (C=O) groups is 2. The Morgan fingerprint density at radius 3 is 2.03 bits per heavy atom. The third kappa shape index (κ3) is 6.89. The number of carbonyl (C=O) groups excluding carboxylic acids is 2. The quantitative estimate of drug-likeness (QED) is 0.611. The highest BCUT2D eigenvalue weighted by Gasteiger charge is 2.37. The number of aryl methyl sites for hydroxylation is 1. The number of amides is 3. The van der Waals surface area contributed by atoms with E-state index in [1.165, 1.54) is 6.07 Å². The number of halogens is 6. The lowest BCUT2D eigenvalue weighted by Gasteiger charge is -2.22. The van der Waals surface area contributed by atoms with Gasteiger partial charge in [0.05, 0.1) is 11.1 Å². The highest BCUT2D eigenvalue weighted by atomic mass is 19.4. The summed E-state index contributed by atoms with van der Waals surface area (Å²) < 4.78 is 82.6. The Bertz CT molecular complexity index is 907. The van der Waals surface area contributed by atoms with E-state index in [4.69, 9.17) is 4.52 Å². The first kappa shape index (κ1) is 24.0. The largest absolute Gasteiger partial charge is 0.416 e. The highest BCUT2D eigenvalue weighted by Crippen LogP contribution is 2.37. The van der Waals surface area contributed by atoms with Crippen LogP contribution in [0.2, 0.25) is 0 Å². The van der Waals surface area contributed by atoms with Gasteiger partial charge in [-0.05, 0) is 31.5 Å². The SMILES string of the molecule is CCCN(CC(=O)Nc1cc(C)on1)C(=O)Nc1cc(C(F)(F)F)cc(C(F)(F)F)c1. The highest BCUT2D eigenvalue weighted by molar-refractivity contribution is 5.96. The van der Waals surface area contributed by atoms with Gasteiger partial charge in [0, 0.05) is 18.3 Å². The van der Waals surface area contributed by atoms with E-state index >= 15 is 0 Å². The van der Waals surface area contributed by atoms with Crippen LogP contribution in [-0.2, 0) is 17.1 Å². The van der Waals surface area contributed by atoms with Crippen LogP contribution in [0.15, 0.2) is 28.8 Å². The van der Waals surface area contributed by atoms with Crippen LogP contribution in [0.25, 0.3) is 0 Å². The second kappa shape index (κ2) is 9.27. The van der Waals surface area contributed by atoms with E-state index in [0.717, 1.165) is 4.90 Å². The summed E-state index contributed by atoms with van der Waals surface area (Å²) in [5.41, 5.74) is -3.85. The van der Waals surface area contributed by atoms with Crippen LogP contribution < -0.4 is 10.6 Å². The predicted octanol–water partition coefficient (Wildman–Crippen LogP) is 4.90. The van der Waals surface area contributed by atoms with Crippen molar-refractivity contribution in [2.24, 2.45) is 0 Å². The van der Waals surface area contributed by atoms with Gasteiger partial charge in [-0.3, -0.25) is 4.79 Å². The summed E-state index contributed by atoms with van der Waals surface area (Å²) in [5.74, 6) is -0.174. The molecule has 1 aromatic carbocycles. The van der Waals surface area contributed by atoms with E-state index < -0.39 is 47.6 Å². The summed E-state index contributed by atoms with van der Waals surface area (Å²) in [4.78, 5) is 25.5. The molecule has 3 amide bonds. The first-order valence-electron chi connectivity index (χ1n) is 8.88. The van der Waals surface area contributed by atoms with Gasteiger partial charge in [0.2, 0.25) is 5.91 Å². The Kier molecular flexibility index (Phi) is 7.18. The lowest BCUT2D eigenvalue weighted by molar-refractivity contribution is -0.143. The molecule has 2 aromatic rings. The van der Waals surface area contributed by atoms with Gasteiger partial charge >= 0.3 is 18.4 Å². The topological polar surface area (TPSA) is 87.5 Å². The second-order valence-electron chi connectivity index (χ2n) is 6.52. The van der Waals surface area contributed by atoms with Crippen LogP contribution in [0.3, 0.4) is 0 Å². The molecule has 2 rings (SSSR count). The molecule has 0 fully saturated rings. The van der Waals surface area contributed by atoms with Gasteiger partial charge in [0.25, 0.3) is 0 Å². The molecule has 0 radical (unpaired) electrons. The molecule has 0 bridgehead atoms. The average molecular weight is 452 g/mol. The van der Waals surface area contributed by atoms with Crippen molar-refractivity contribution in [3.63, 3.8) is 0 Å². The minimum Gasteiger partial charge on any atom is -0.360 e. The molecule has 1 aromatic heterocycles. The van der Waals surface area contributed by atoms with Gasteiger partial charge in [-0.15, -0.1) is 0 Å². The molecule has 0 aliphatic carbocycles. The molecular formula is C18H18F6N4O3. The van der Waals surface area contributed by atoms with E-state index in [0.29, 0.717) is 24.3 Å². The van der Waals surface area contributed by atoms with Gasteiger partial charge in [0.1, 0.15) is 12.3 Å². The van der Waals surface area contributed by atoms with Crippen LogP contribution in [0.4, 0.5) is 42.6 Å². The summed E-state index contributed by atoms with van der Waals surface area (Å²) in [5, 5.41) is 7.91. The maximum Gasteiger partial charge on any atom is 0.416 e. The second-order valence-corrected chi connectivity index (χ2v) is 6.52. The van der Waals surface area contributed by atoms with Gasteiger partial charge in [0.15, 0.2) is 5.82 Å². The summed E-state index contributed by atoms with van der Waals surface area (Å²) in [6, 6.07) is 1.10. The van der Waals surface area contributed by atoms with Gasteiger partial charge in [-0.1, -0.05) is 12.1 Å². The Balaban J connectivity index is 2.20. The van der Waals surface area contributed by atoms with Crippen molar-refractivity contribution in [2.45, 2.75) is 32.6 Å². The van der Waals surface area contributed by atoms with Crippen LogP contribution >= 0.6 is 0 Å². The smallest absolute Gasteiger partial charge is 0.360 e. The molecule has 0 spiro atoms. The Morgan fingerprint density at radius 2 is 1.58 bits per heavy atom. The van der Waals surface area contributed by atoms with E-state index in [-0.39, 0.29) is 18.4 Å². The molecule has 0 atom stereocenters. The lowest BCUT2D eigenvalue weighted by atomic mass is 10.1. The number of nitrogens with one attached hydrogen (secondary N) is 2. The van der Waals surface area contributed by atoms with Crippen LogP contribution in [0.1, 0.15) is 30.2 Å². The minimum atomic E-state index is -5.06. The number of urea groups is 1. The Morgan fingerprint density at radius 1 is 1.00 bits per heavy atom. The fourth-order valence-corrected chi connectivity index (χ4v) is 2.53. The number of hydrogen-bond donors (Lipinski definition) is 2. The molecule has 1 heterocycles. The molecule has 31 heavy (non-hydrogen) atoms. The van der Waals surface area contributed by atoms with Gasteiger partial charge < -0.3 is 20.1 Å². The normalized spacial score (nSPS) is 11.9. The number of hydrogen-bond acceptors (Lipinski definition) is 4. The van der Waals surface area contributed by atoms with E-state index in [1.807, 2.05) is 5.32 Å². The summed E-state index contributed by atoms with van der Waals surface area (Å²) in [6.45, 7) is 2.76. The molecule has 2 N–H and O–H groups in total. The van der Waals surface area contributed by atoms with Crippen molar-refractivity contribution in [1.82, 2.24) is 10.1 Å². The average Bonchev–Trinajstić information content (AvgIpc) is 3.04. The number of benzene rings is 1. The number of alkyl halides is 6. The Labute approximate surface area is 172 Å². The van der Waals surface area contributed by atoms with Crippen molar-refractivity contribution >= 4 is 23.4 Å². The van der Waals surface area contributed by atoms with Crippen LogP contribution in [-0.4, -0.2) is 35.1 Å². The van der Waals surface area contributed by atoms with Gasteiger partial charge in [-0.25, -0.2) is 4.79 Å². The number of rotatable bonds is 6. The van der Waals surface area contributed by atoms with Crippen LogP contribution in [0.5, 0.6) is 0 Å². The molecule has 0 aliphatic rings. The molecule has 170 valence electrons. The zero-order chi connectivity index (χ0) is 23.4. The molecule has 7 nitrogen and oxygen atoms in total. The molecule has 13 heteroatoms. The minimum absolute atomic E-state index is 0.0161. The Hall–Kier alpha value is -3.25. The summed E-state index contributed by atoms with van der Waals surface area (Å²) in [6.07, 6.45) is -9.74.